The van der Waals surface area contributed by atoms with Gasteiger partial charge in [0.1, 0.15) is 11.9 Å². The van der Waals surface area contributed by atoms with E-state index in [1.807, 2.05) is 0 Å². The molecule has 2 aromatic rings. The van der Waals surface area contributed by atoms with E-state index in [4.69, 9.17) is 26.1 Å². The number of methoxy groups -OCH3 is 2. The van der Waals surface area contributed by atoms with Crippen molar-refractivity contribution in [3.63, 3.8) is 0 Å². The second-order valence-electron chi connectivity index (χ2n) is 9.48. The summed E-state index contributed by atoms with van der Waals surface area (Å²) in [5.41, 5.74) is 0.920. The molecule has 1 saturated heterocycles. The number of benzene rings is 1. The van der Waals surface area contributed by atoms with Gasteiger partial charge >= 0.3 is 11.9 Å². The minimum absolute atomic E-state index is 0.0994. The second kappa shape index (κ2) is 11.3. The maximum atomic E-state index is 14.5. The Balaban J connectivity index is 1.74. The predicted octanol–water partition coefficient (Wildman–Crippen LogP) is 3.45. The lowest BCUT2D eigenvalue weighted by Crippen LogP contribution is -2.52. The first-order valence-corrected chi connectivity index (χ1v) is 14.7. The molecule has 1 unspecified atom stereocenters. The van der Waals surface area contributed by atoms with Gasteiger partial charge in [-0.05, 0) is 32.8 Å². The molecule has 10 nitrogen and oxygen atoms in total. The highest BCUT2D eigenvalue weighted by Gasteiger charge is 2.48. The summed E-state index contributed by atoms with van der Waals surface area (Å²) < 4.78 is 50.3. The molecule has 1 aromatic heterocycles. The number of piperidine rings is 1. The predicted molar refractivity (Wildman–Crippen MR) is 144 cm³/mol. The molecular formula is C25H28ClFN4O6S2. The Morgan fingerprint density at radius 1 is 1.21 bits per heavy atom. The fraction of sp³-hybridized carbons (Fsp3) is 0.440. The van der Waals surface area contributed by atoms with Gasteiger partial charge in [0.25, 0.3) is 0 Å². The van der Waals surface area contributed by atoms with E-state index in [2.05, 4.69) is 10.3 Å². The van der Waals surface area contributed by atoms with Gasteiger partial charge in [0, 0.05) is 41.8 Å². The van der Waals surface area contributed by atoms with Crippen molar-refractivity contribution >= 4 is 50.7 Å². The number of hydrogen-bond donors (Lipinski definition) is 1. The van der Waals surface area contributed by atoms with Crippen molar-refractivity contribution < 1.29 is 31.9 Å². The highest BCUT2D eigenvalue weighted by molar-refractivity contribution is 7.91. The van der Waals surface area contributed by atoms with Crippen LogP contribution in [0.3, 0.4) is 0 Å². The number of rotatable bonds is 7. The van der Waals surface area contributed by atoms with Crippen molar-refractivity contribution in [2.24, 2.45) is 10.9 Å². The summed E-state index contributed by atoms with van der Waals surface area (Å²) in [7, 11) is -1.65. The van der Waals surface area contributed by atoms with Crippen LogP contribution in [0.1, 0.15) is 43.3 Å². The number of sulfonamides is 1. The van der Waals surface area contributed by atoms with Crippen molar-refractivity contribution in [1.29, 1.82) is 0 Å². The Hall–Kier alpha value is -2.87. The van der Waals surface area contributed by atoms with E-state index in [-0.39, 0.29) is 35.2 Å². The Labute approximate surface area is 234 Å². The molecule has 1 aromatic carbocycles. The standard InChI is InChI=1S/C25H28ClFN4O6S2/c1-25(2,24(33)37-4)39(34,35)31-11-8-14(9-12-31)19-17(23(32)36-3)20(15-6-5-7-16(27)18(15)26)30-21(29-19)22-28-10-13-38-22/h5-7,10,13-14,20H,8-9,11-12H2,1-4H3,(H,29,30). The van der Waals surface area contributed by atoms with Crippen molar-refractivity contribution in [3.05, 3.63) is 62.5 Å². The highest BCUT2D eigenvalue weighted by atomic mass is 35.5. The number of esters is 2. The molecule has 1 N–H and O–H groups in total. The van der Waals surface area contributed by atoms with Gasteiger partial charge < -0.3 is 14.8 Å². The molecule has 0 amide bonds. The van der Waals surface area contributed by atoms with Gasteiger partial charge in [0.05, 0.1) is 24.8 Å². The summed E-state index contributed by atoms with van der Waals surface area (Å²) in [6.07, 6.45) is 2.27. The topological polar surface area (TPSA) is 127 Å². The van der Waals surface area contributed by atoms with E-state index in [0.29, 0.717) is 29.4 Å². The van der Waals surface area contributed by atoms with Gasteiger partial charge in [-0.25, -0.2) is 26.9 Å². The Morgan fingerprint density at radius 2 is 1.90 bits per heavy atom. The highest BCUT2D eigenvalue weighted by Crippen LogP contribution is 2.41. The molecule has 2 aliphatic heterocycles. The third-order valence-corrected chi connectivity index (χ3v) is 10.6. The van der Waals surface area contributed by atoms with Gasteiger partial charge in [-0.2, -0.15) is 0 Å². The van der Waals surface area contributed by atoms with Crippen LogP contribution in [0.4, 0.5) is 4.39 Å². The first-order chi connectivity index (χ1) is 18.4. The van der Waals surface area contributed by atoms with Crippen molar-refractivity contribution in [3.8, 4) is 0 Å². The van der Waals surface area contributed by atoms with Crippen molar-refractivity contribution in [2.75, 3.05) is 27.3 Å². The second-order valence-corrected chi connectivity index (χ2v) is 13.2. The smallest absolute Gasteiger partial charge is 0.338 e. The number of hydrogen-bond acceptors (Lipinski definition) is 10. The maximum absolute atomic E-state index is 14.5. The van der Waals surface area contributed by atoms with Crippen LogP contribution in [-0.2, 0) is 29.1 Å². The number of allylic oxidation sites excluding steroid dienone is 1. The van der Waals surface area contributed by atoms with Crippen LogP contribution in [0.2, 0.25) is 5.02 Å². The third kappa shape index (κ3) is 5.32. The molecule has 0 aliphatic carbocycles. The number of nitrogens with zero attached hydrogens (tertiary/aromatic N) is 3. The van der Waals surface area contributed by atoms with E-state index in [1.54, 1.807) is 17.6 Å². The summed E-state index contributed by atoms with van der Waals surface area (Å²) in [5, 5.41) is 5.39. The average molecular weight is 599 g/mol. The fourth-order valence-electron chi connectivity index (χ4n) is 4.69. The molecule has 0 bridgehead atoms. The number of aromatic nitrogens is 1. The van der Waals surface area contributed by atoms with Crippen LogP contribution >= 0.6 is 22.9 Å². The number of aliphatic imine (C=N–C) groups is 1. The van der Waals surface area contributed by atoms with Crippen LogP contribution in [0, 0.1) is 11.7 Å². The first-order valence-electron chi connectivity index (χ1n) is 12.0. The largest absolute Gasteiger partial charge is 0.468 e. The van der Waals surface area contributed by atoms with Gasteiger partial charge in [-0.3, -0.25) is 9.79 Å². The lowest BCUT2D eigenvalue weighted by molar-refractivity contribution is -0.143. The SMILES string of the molecule is COC(=O)C1=C(C2CCN(S(=O)(=O)C(C)(C)C(=O)OC)CC2)NC(c2nccs2)=NC1c1cccc(F)c1Cl. The Bertz CT molecular complexity index is 1430. The lowest BCUT2D eigenvalue weighted by Gasteiger charge is -2.38. The summed E-state index contributed by atoms with van der Waals surface area (Å²) in [4.78, 5) is 34.4. The number of nitrogens with one attached hydrogen (secondary N) is 1. The van der Waals surface area contributed by atoms with Gasteiger partial charge in [-0.15, -0.1) is 11.3 Å². The van der Waals surface area contributed by atoms with E-state index >= 15 is 0 Å². The van der Waals surface area contributed by atoms with Gasteiger partial charge in [0.2, 0.25) is 10.0 Å². The van der Waals surface area contributed by atoms with Crippen LogP contribution in [0.15, 0.2) is 46.0 Å². The first kappa shape index (κ1) is 29.1. The summed E-state index contributed by atoms with van der Waals surface area (Å²) in [6.45, 7) is 2.82. The molecule has 1 fully saturated rings. The van der Waals surface area contributed by atoms with Crippen molar-refractivity contribution in [2.45, 2.75) is 37.5 Å². The van der Waals surface area contributed by atoms with Crippen molar-refractivity contribution in [1.82, 2.24) is 14.6 Å². The Morgan fingerprint density at radius 3 is 2.49 bits per heavy atom. The zero-order valence-corrected chi connectivity index (χ0v) is 24.1. The normalized spacial score (nSPS) is 19.3. The molecule has 3 heterocycles. The molecule has 14 heteroatoms. The van der Waals surface area contributed by atoms with E-state index in [9.17, 15) is 22.4 Å². The summed E-state index contributed by atoms with van der Waals surface area (Å²) >= 11 is 7.66. The number of thiazole rings is 1. The molecule has 0 radical (unpaired) electrons. The van der Waals surface area contributed by atoms with E-state index in [0.717, 1.165) is 7.11 Å². The number of ether oxygens (including phenoxy) is 2. The van der Waals surface area contributed by atoms with Gasteiger partial charge in [0.15, 0.2) is 15.6 Å². The van der Waals surface area contributed by atoms with Gasteiger partial charge in [-0.1, -0.05) is 23.7 Å². The molecular weight excluding hydrogens is 571 g/mol. The molecule has 2 aliphatic rings. The quantitative estimate of drug-likeness (QED) is 0.480. The minimum atomic E-state index is -4.03. The molecule has 4 rings (SSSR count). The molecule has 210 valence electrons. The molecule has 0 saturated carbocycles. The molecule has 1 atom stereocenters. The van der Waals surface area contributed by atoms with Crippen LogP contribution in [0.25, 0.3) is 0 Å². The minimum Gasteiger partial charge on any atom is -0.468 e. The number of halogens is 2. The number of carbonyl (C=O) groups excluding carboxylic acids is 2. The number of carbonyl (C=O) groups is 2. The Kier molecular flexibility index (Phi) is 8.45. The monoisotopic (exact) mass is 598 g/mol. The fourth-order valence-corrected chi connectivity index (χ4v) is 7.13. The maximum Gasteiger partial charge on any atom is 0.338 e. The van der Waals surface area contributed by atoms with Crippen LogP contribution < -0.4 is 5.32 Å². The lowest BCUT2D eigenvalue weighted by atomic mass is 9.86. The third-order valence-electron chi connectivity index (χ3n) is 6.92. The summed E-state index contributed by atoms with van der Waals surface area (Å²) in [5.74, 6) is -2.12. The van der Waals surface area contributed by atoms with E-state index in [1.165, 1.54) is 48.7 Å². The zero-order chi connectivity index (χ0) is 28.5. The summed E-state index contributed by atoms with van der Waals surface area (Å²) in [6, 6.07) is 3.30. The number of amidine groups is 1. The van der Waals surface area contributed by atoms with E-state index < -0.39 is 38.6 Å². The van der Waals surface area contributed by atoms with Crippen LogP contribution in [0.5, 0.6) is 0 Å². The van der Waals surface area contributed by atoms with Crippen LogP contribution in [-0.4, -0.2) is 67.5 Å². The molecule has 0 spiro atoms. The molecule has 39 heavy (non-hydrogen) atoms. The average Bonchev–Trinajstić information content (AvgIpc) is 3.48. The zero-order valence-electron chi connectivity index (χ0n) is 21.7.